The zero-order valence-electron chi connectivity index (χ0n) is 18.9. The number of hydrogen-bond acceptors (Lipinski definition) is 8. The molecule has 0 bridgehead atoms. The van der Waals surface area contributed by atoms with Gasteiger partial charge in [-0.05, 0) is 24.5 Å². The Balaban J connectivity index is 2.08. The van der Waals surface area contributed by atoms with Gasteiger partial charge >= 0.3 is 12.0 Å². The van der Waals surface area contributed by atoms with Gasteiger partial charge in [-0.25, -0.2) is 9.59 Å². The number of benzene rings is 1. The van der Waals surface area contributed by atoms with E-state index in [9.17, 15) is 19.2 Å². The lowest BCUT2D eigenvalue weighted by Crippen LogP contribution is -2.42. The molecule has 11 heteroatoms. The molecule has 0 unspecified atom stereocenters. The summed E-state index contributed by atoms with van der Waals surface area (Å²) in [6.07, 6.45) is 2.08. The first-order chi connectivity index (χ1) is 15.7. The van der Waals surface area contributed by atoms with Crippen molar-refractivity contribution in [3.05, 3.63) is 41.9 Å². The molecule has 0 fully saturated rings. The van der Waals surface area contributed by atoms with E-state index in [2.05, 4.69) is 16.0 Å². The molecule has 0 saturated carbocycles. The number of amides is 4. The number of carbonyl (C=O) groups is 4. The van der Waals surface area contributed by atoms with E-state index < -0.39 is 30.4 Å². The highest BCUT2D eigenvalue weighted by atomic mass is 16.5. The SMILES string of the molecule is COc1cc(NC(=O)c2ccco2)c(C(=O)OCC(=O)NC(=O)NCCC(C)C)cc1OC. The second-order valence-corrected chi connectivity index (χ2v) is 7.25. The zero-order valence-corrected chi connectivity index (χ0v) is 18.9. The molecule has 1 heterocycles. The molecule has 11 nitrogen and oxygen atoms in total. The van der Waals surface area contributed by atoms with Crippen LogP contribution in [0.5, 0.6) is 11.5 Å². The van der Waals surface area contributed by atoms with Crippen molar-refractivity contribution in [2.75, 3.05) is 32.7 Å². The summed E-state index contributed by atoms with van der Waals surface area (Å²) >= 11 is 0. The summed E-state index contributed by atoms with van der Waals surface area (Å²) in [5.74, 6) is -1.49. The minimum Gasteiger partial charge on any atom is -0.493 e. The summed E-state index contributed by atoms with van der Waals surface area (Å²) in [4.78, 5) is 48.7. The third kappa shape index (κ3) is 7.56. The Morgan fingerprint density at radius 3 is 2.36 bits per heavy atom. The van der Waals surface area contributed by atoms with E-state index in [-0.39, 0.29) is 28.5 Å². The largest absolute Gasteiger partial charge is 0.493 e. The lowest BCUT2D eigenvalue weighted by Gasteiger charge is -2.15. The van der Waals surface area contributed by atoms with Crippen molar-refractivity contribution in [1.82, 2.24) is 10.6 Å². The Kier molecular flexibility index (Phi) is 9.28. The molecular formula is C22H27N3O8. The van der Waals surface area contributed by atoms with Gasteiger partial charge < -0.3 is 29.3 Å². The Morgan fingerprint density at radius 1 is 1.06 bits per heavy atom. The number of furan rings is 1. The van der Waals surface area contributed by atoms with Gasteiger partial charge in [0.25, 0.3) is 11.8 Å². The summed E-state index contributed by atoms with van der Waals surface area (Å²) in [6.45, 7) is 3.70. The number of esters is 1. The van der Waals surface area contributed by atoms with E-state index in [1.54, 1.807) is 0 Å². The van der Waals surface area contributed by atoms with Crippen LogP contribution in [-0.4, -0.2) is 51.2 Å². The molecule has 1 aromatic carbocycles. The van der Waals surface area contributed by atoms with Gasteiger partial charge in [-0.2, -0.15) is 0 Å². The summed E-state index contributed by atoms with van der Waals surface area (Å²) < 4.78 is 20.5. The van der Waals surface area contributed by atoms with Crippen LogP contribution in [0.3, 0.4) is 0 Å². The first-order valence-corrected chi connectivity index (χ1v) is 10.1. The molecule has 33 heavy (non-hydrogen) atoms. The Morgan fingerprint density at radius 2 is 1.76 bits per heavy atom. The number of methoxy groups -OCH3 is 2. The number of nitrogens with one attached hydrogen (secondary N) is 3. The molecule has 0 aliphatic carbocycles. The first kappa shape index (κ1) is 25.2. The minimum absolute atomic E-state index is 0.0203. The highest BCUT2D eigenvalue weighted by Crippen LogP contribution is 2.34. The molecule has 0 radical (unpaired) electrons. The Bertz CT molecular complexity index is 986. The summed E-state index contributed by atoms with van der Waals surface area (Å²) in [5.41, 5.74) is -0.0485. The van der Waals surface area contributed by atoms with Crippen molar-refractivity contribution in [1.29, 1.82) is 0 Å². The van der Waals surface area contributed by atoms with E-state index in [0.717, 1.165) is 6.42 Å². The first-order valence-electron chi connectivity index (χ1n) is 10.1. The fourth-order valence-corrected chi connectivity index (χ4v) is 2.63. The Labute approximate surface area is 190 Å². The maximum absolute atomic E-state index is 12.7. The standard InChI is InChI=1S/C22H27N3O8/c1-13(2)7-8-23-22(29)25-19(26)12-33-21(28)14-10-17(30-3)18(31-4)11-15(14)24-20(27)16-6-5-9-32-16/h5-6,9-11,13H,7-8,12H2,1-4H3,(H,24,27)(H2,23,25,26,29). The summed E-state index contributed by atoms with van der Waals surface area (Å²) in [5, 5.41) is 7.15. The maximum Gasteiger partial charge on any atom is 0.340 e. The fraction of sp³-hybridized carbons (Fsp3) is 0.364. The molecule has 178 valence electrons. The van der Waals surface area contributed by atoms with Gasteiger partial charge in [0.2, 0.25) is 0 Å². The minimum atomic E-state index is -0.930. The van der Waals surface area contributed by atoms with Crippen molar-refractivity contribution >= 4 is 29.5 Å². The van der Waals surface area contributed by atoms with Crippen molar-refractivity contribution < 1.29 is 37.8 Å². The monoisotopic (exact) mass is 461 g/mol. The topological polar surface area (TPSA) is 145 Å². The number of anilines is 1. The predicted molar refractivity (Wildman–Crippen MR) is 117 cm³/mol. The zero-order chi connectivity index (χ0) is 24.4. The van der Waals surface area contributed by atoms with Gasteiger partial charge in [-0.3, -0.25) is 14.9 Å². The van der Waals surface area contributed by atoms with Crippen molar-refractivity contribution in [2.45, 2.75) is 20.3 Å². The second-order valence-electron chi connectivity index (χ2n) is 7.25. The lowest BCUT2D eigenvalue weighted by atomic mass is 10.1. The van der Waals surface area contributed by atoms with Gasteiger partial charge in [0.1, 0.15) is 0 Å². The van der Waals surface area contributed by atoms with Gasteiger partial charge in [0, 0.05) is 18.7 Å². The van der Waals surface area contributed by atoms with Crippen molar-refractivity contribution in [3.63, 3.8) is 0 Å². The molecule has 0 spiro atoms. The molecular weight excluding hydrogens is 434 g/mol. The van der Waals surface area contributed by atoms with E-state index in [1.807, 2.05) is 13.8 Å². The molecule has 0 saturated heterocycles. The third-order valence-corrected chi connectivity index (χ3v) is 4.33. The van der Waals surface area contributed by atoms with Crippen LogP contribution in [0.15, 0.2) is 34.9 Å². The van der Waals surface area contributed by atoms with Gasteiger partial charge in [-0.15, -0.1) is 0 Å². The molecule has 1 aromatic heterocycles. The van der Waals surface area contributed by atoms with Crippen LogP contribution >= 0.6 is 0 Å². The van der Waals surface area contributed by atoms with Gasteiger partial charge in [-0.1, -0.05) is 13.8 Å². The van der Waals surface area contributed by atoms with Crippen LogP contribution in [0.25, 0.3) is 0 Å². The number of ether oxygens (including phenoxy) is 3. The number of rotatable bonds is 10. The van der Waals surface area contributed by atoms with Crippen molar-refractivity contribution in [2.24, 2.45) is 5.92 Å². The van der Waals surface area contributed by atoms with Crippen molar-refractivity contribution in [3.8, 4) is 11.5 Å². The van der Waals surface area contributed by atoms with Crippen LogP contribution in [0.1, 0.15) is 41.2 Å². The van der Waals surface area contributed by atoms with Crippen LogP contribution in [0.2, 0.25) is 0 Å². The molecule has 3 N–H and O–H groups in total. The highest BCUT2D eigenvalue weighted by molar-refractivity contribution is 6.07. The molecule has 4 amide bonds. The summed E-state index contributed by atoms with van der Waals surface area (Å²) in [7, 11) is 2.77. The number of carbonyl (C=O) groups excluding carboxylic acids is 4. The smallest absolute Gasteiger partial charge is 0.340 e. The molecule has 0 atom stereocenters. The van der Waals surface area contributed by atoms with Gasteiger partial charge in [0.05, 0.1) is 31.7 Å². The number of hydrogen-bond donors (Lipinski definition) is 3. The van der Waals surface area contributed by atoms with Crippen LogP contribution in [0.4, 0.5) is 10.5 Å². The van der Waals surface area contributed by atoms with Crippen LogP contribution in [0, 0.1) is 5.92 Å². The summed E-state index contributed by atoms with van der Waals surface area (Å²) in [6, 6.07) is 4.98. The second kappa shape index (κ2) is 12.1. The quantitative estimate of drug-likeness (QED) is 0.458. The van der Waals surface area contributed by atoms with Crippen LogP contribution < -0.4 is 25.4 Å². The molecule has 2 aromatic rings. The molecule has 2 rings (SSSR count). The lowest BCUT2D eigenvalue weighted by molar-refractivity contribution is -0.123. The number of urea groups is 1. The molecule has 0 aliphatic rings. The number of imide groups is 1. The van der Waals surface area contributed by atoms with E-state index in [0.29, 0.717) is 12.5 Å². The predicted octanol–water partition coefficient (Wildman–Crippen LogP) is 2.58. The normalized spacial score (nSPS) is 10.3. The maximum atomic E-state index is 12.7. The average molecular weight is 461 g/mol. The third-order valence-electron chi connectivity index (χ3n) is 4.33. The molecule has 0 aliphatic heterocycles. The van der Waals surface area contributed by atoms with E-state index in [1.165, 1.54) is 44.7 Å². The highest BCUT2D eigenvalue weighted by Gasteiger charge is 2.22. The fourth-order valence-electron chi connectivity index (χ4n) is 2.63. The van der Waals surface area contributed by atoms with Gasteiger partial charge in [0.15, 0.2) is 23.9 Å². The average Bonchev–Trinajstić information content (AvgIpc) is 3.32. The Hall–Kier alpha value is -4.02. The van der Waals surface area contributed by atoms with Crippen LogP contribution in [-0.2, 0) is 9.53 Å². The van der Waals surface area contributed by atoms with E-state index >= 15 is 0 Å². The van der Waals surface area contributed by atoms with E-state index in [4.69, 9.17) is 18.6 Å².